The second-order valence-corrected chi connectivity index (χ2v) is 12.7. The number of hydrogen-bond acceptors (Lipinski definition) is 6. The van der Waals surface area contributed by atoms with E-state index in [1.165, 1.54) is 0 Å². The highest BCUT2D eigenvalue weighted by atomic mass is 19.3. The first-order valence-electron chi connectivity index (χ1n) is 16.0. The summed E-state index contributed by atoms with van der Waals surface area (Å²) in [5, 5.41) is 6.13. The number of halogens is 2. The van der Waals surface area contributed by atoms with Crippen LogP contribution in [-0.4, -0.2) is 90.5 Å². The van der Waals surface area contributed by atoms with E-state index in [2.05, 4.69) is 15.5 Å². The Labute approximate surface area is 253 Å². The van der Waals surface area contributed by atoms with Gasteiger partial charge in [0.15, 0.2) is 0 Å². The lowest BCUT2D eigenvalue weighted by Gasteiger charge is -2.45. The number of fused-ring (bicyclic) bond motifs is 2. The Morgan fingerprint density at radius 1 is 1.09 bits per heavy atom. The van der Waals surface area contributed by atoms with Crippen molar-refractivity contribution in [2.45, 2.75) is 102 Å². The molecule has 3 aliphatic heterocycles. The van der Waals surface area contributed by atoms with Gasteiger partial charge in [0.25, 0.3) is 0 Å². The maximum Gasteiger partial charge on any atom is 0.248 e. The molecular weight excluding hydrogens is 558 g/mol. The van der Waals surface area contributed by atoms with Crippen LogP contribution in [0.25, 0.3) is 0 Å². The number of alkyl halides is 2. The van der Waals surface area contributed by atoms with Crippen molar-refractivity contribution in [2.75, 3.05) is 32.8 Å². The lowest BCUT2D eigenvalue weighted by molar-refractivity contribution is -0.150. The van der Waals surface area contributed by atoms with Gasteiger partial charge < -0.3 is 25.0 Å². The highest BCUT2D eigenvalue weighted by Crippen LogP contribution is 2.39. The van der Waals surface area contributed by atoms with Gasteiger partial charge in [0.2, 0.25) is 23.6 Å². The van der Waals surface area contributed by atoms with E-state index in [1.54, 1.807) is 11.8 Å². The number of benzene rings is 1. The third kappa shape index (κ3) is 7.14. The zero-order valence-electron chi connectivity index (χ0n) is 25.5. The molecule has 0 unspecified atom stereocenters. The van der Waals surface area contributed by atoms with Crippen LogP contribution in [0.3, 0.4) is 0 Å². The monoisotopic (exact) mass is 604 g/mol. The molecule has 6 atom stereocenters. The Kier molecular flexibility index (Phi) is 9.90. The van der Waals surface area contributed by atoms with Gasteiger partial charge in [0, 0.05) is 63.0 Å². The fourth-order valence-corrected chi connectivity index (χ4v) is 7.05. The van der Waals surface area contributed by atoms with E-state index >= 15 is 0 Å². The molecule has 238 valence electrons. The first-order chi connectivity index (χ1) is 20.6. The van der Waals surface area contributed by atoms with E-state index in [9.17, 15) is 23.2 Å². The standard InChI is InChI=1S/C32H46F2N4O5/c1-4-20(3)29(39)36-28(21-10-13-32(33,34)14-11-21)31(41)38-17-22-16-23(42-5-2)18-37(22)19-26(38)30(40)35-25-12-15-43-27-9-7-6-8-24(25)27/h6-9,20-23,25-26,28H,4-5,10-19H2,1-3H3,(H,35,40)(H,36,39)/t20-,22+,23-,25-,26+,28+/m1/s1. The normalized spacial score (nSPS) is 28.6. The van der Waals surface area contributed by atoms with Crippen LogP contribution in [0.1, 0.15) is 77.3 Å². The van der Waals surface area contributed by atoms with Gasteiger partial charge in [-0.3, -0.25) is 19.3 Å². The second kappa shape index (κ2) is 13.5. The molecule has 0 aromatic heterocycles. The maximum absolute atomic E-state index is 14.5. The molecule has 2 N–H and O–H groups in total. The minimum Gasteiger partial charge on any atom is -0.493 e. The van der Waals surface area contributed by atoms with Crippen molar-refractivity contribution in [3.05, 3.63) is 29.8 Å². The zero-order valence-corrected chi connectivity index (χ0v) is 25.5. The van der Waals surface area contributed by atoms with Gasteiger partial charge in [-0.15, -0.1) is 0 Å². The second-order valence-electron chi connectivity index (χ2n) is 12.7. The van der Waals surface area contributed by atoms with Crippen LogP contribution in [-0.2, 0) is 19.1 Å². The quantitative estimate of drug-likeness (QED) is 0.446. The van der Waals surface area contributed by atoms with E-state index in [-0.39, 0.29) is 67.5 Å². The molecular formula is C32H46F2N4O5. The van der Waals surface area contributed by atoms with Gasteiger partial charge in [-0.1, -0.05) is 32.0 Å². The number of carbonyl (C=O) groups is 3. The summed E-state index contributed by atoms with van der Waals surface area (Å²) in [7, 11) is 0. The predicted molar refractivity (Wildman–Crippen MR) is 157 cm³/mol. The van der Waals surface area contributed by atoms with Crippen LogP contribution in [0.5, 0.6) is 5.75 Å². The van der Waals surface area contributed by atoms with Crippen molar-refractivity contribution in [2.24, 2.45) is 11.8 Å². The molecule has 0 spiro atoms. The number of para-hydroxylation sites is 1. The number of carbonyl (C=O) groups excluding carboxylic acids is 3. The number of rotatable bonds is 9. The average molecular weight is 605 g/mol. The number of nitrogens with zero attached hydrogens (tertiary/aromatic N) is 2. The molecule has 11 heteroatoms. The molecule has 1 aliphatic carbocycles. The third-order valence-corrected chi connectivity index (χ3v) is 9.80. The summed E-state index contributed by atoms with van der Waals surface area (Å²) in [6.45, 7) is 8.01. The predicted octanol–water partition coefficient (Wildman–Crippen LogP) is 3.67. The average Bonchev–Trinajstić information content (AvgIpc) is 3.40. The van der Waals surface area contributed by atoms with Crippen molar-refractivity contribution >= 4 is 17.7 Å². The summed E-state index contributed by atoms with van der Waals surface area (Å²) in [4.78, 5) is 45.5. The third-order valence-electron chi connectivity index (χ3n) is 9.80. The molecule has 0 radical (unpaired) electrons. The molecule has 9 nitrogen and oxygen atoms in total. The highest BCUT2D eigenvalue weighted by Gasteiger charge is 2.48. The van der Waals surface area contributed by atoms with Crippen molar-refractivity contribution in [3.8, 4) is 5.75 Å². The number of nitrogens with one attached hydrogen (secondary N) is 2. The summed E-state index contributed by atoms with van der Waals surface area (Å²) < 4.78 is 39.9. The number of ether oxygens (including phenoxy) is 2. The Morgan fingerprint density at radius 2 is 1.84 bits per heavy atom. The van der Waals surface area contributed by atoms with Crippen LogP contribution in [0, 0.1) is 11.8 Å². The van der Waals surface area contributed by atoms with Crippen molar-refractivity contribution in [1.82, 2.24) is 20.4 Å². The fraction of sp³-hybridized carbons (Fsp3) is 0.719. The van der Waals surface area contributed by atoms with E-state index in [1.807, 2.05) is 38.1 Å². The highest BCUT2D eigenvalue weighted by molar-refractivity contribution is 5.93. The smallest absolute Gasteiger partial charge is 0.248 e. The molecule has 3 heterocycles. The molecule has 2 saturated heterocycles. The number of amides is 3. The summed E-state index contributed by atoms with van der Waals surface area (Å²) in [5.74, 6) is -3.69. The Bertz CT molecular complexity index is 1160. The van der Waals surface area contributed by atoms with Gasteiger partial charge in [0.1, 0.15) is 17.8 Å². The van der Waals surface area contributed by atoms with Crippen molar-refractivity contribution < 1.29 is 32.6 Å². The van der Waals surface area contributed by atoms with Gasteiger partial charge in [-0.25, -0.2) is 8.78 Å². The summed E-state index contributed by atoms with van der Waals surface area (Å²) in [6.07, 6.45) is 1.57. The van der Waals surface area contributed by atoms with Crippen LogP contribution in [0.2, 0.25) is 0 Å². The van der Waals surface area contributed by atoms with Gasteiger partial charge >= 0.3 is 0 Å². The fourth-order valence-electron chi connectivity index (χ4n) is 7.05. The molecule has 43 heavy (non-hydrogen) atoms. The minimum absolute atomic E-state index is 0.00922. The van der Waals surface area contributed by atoms with E-state index < -0.39 is 23.9 Å². The first-order valence-corrected chi connectivity index (χ1v) is 16.0. The Morgan fingerprint density at radius 3 is 2.56 bits per heavy atom. The number of hydrogen-bond donors (Lipinski definition) is 2. The molecule has 1 aromatic carbocycles. The summed E-state index contributed by atoms with van der Waals surface area (Å²) in [6, 6.07) is 5.60. The van der Waals surface area contributed by atoms with E-state index in [0.29, 0.717) is 45.7 Å². The van der Waals surface area contributed by atoms with Gasteiger partial charge in [-0.2, -0.15) is 0 Å². The van der Waals surface area contributed by atoms with Gasteiger partial charge in [-0.05, 0) is 44.6 Å². The lowest BCUT2D eigenvalue weighted by atomic mass is 9.81. The Hall–Kier alpha value is -2.79. The largest absolute Gasteiger partial charge is 0.493 e. The van der Waals surface area contributed by atoms with Crippen LogP contribution in [0.15, 0.2) is 24.3 Å². The number of piperazine rings is 1. The van der Waals surface area contributed by atoms with E-state index in [4.69, 9.17) is 9.47 Å². The SMILES string of the molecule is CCO[C@@H]1C[C@H]2CN(C(=O)[C@@H](NC(=O)[C@H](C)CC)C3CCC(F)(F)CC3)[C@H](C(=O)N[C@@H]3CCOc4ccccc43)CN2C1. The molecule has 4 aliphatic rings. The molecule has 1 saturated carbocycles. The molecule has 3 fully saturated rings. The Balaban J connectivity index is 1.41. The zero-order chi connectivity index (χ0) is 30.7. The molecule has 0 bridgehead atoms. The van der Waals surface area contributed by atoms with E-state index in [0.717, 1.165) is 17.7 Å². The van der Waals surface area contributed by atoms with Crippen molar-refractivity contribution in [1.29, 1.82) is 0 Å². The molecule has 5 rings (SSSR count). The lowest BCUT2D eigenvalue weighted by Crippen LogP contribution is -2.66. The first kappa shape index (κ1) is 31.6. The summed E-state index contributed by atoms with van der Waals surface area (Å²) >= 11 is 0. The summed E-state index contributed by atoms with van der Waals surface area (Å²) in [5.41, 5.74) is 0.896. The minimum atomic E-state index is -2.77. The molecule has 3 amide bonds. The van der Waals surface area contributed by atoms with Crippen LogP contribution in [0.4, 0.5) is 8.78 Å². The maximum atomic E-state index is 14.5. The molecule has 1 aromatic rings. The van der Waals surface area contributed by atoms with Gasteiger partial charge in [0.05, 0.1) is 18.8 Å². The van der Waals surface area contributed by atoms with Crippen LogP contribution >= 0.6 is 0 Å². The van der Waals surface area contributed by atoms with Crippen molar-refractivity contribution in [3.63, 3.8) is 0 Å². The van der Waals surface area contributed by atoms with Crippen LogP contribution < -0.4 is 15.4 Å². The topological polar surface area (TPSA) is 100 Å².